The van der Waals surface area contributed by atoms with Gasteiger partial charge in [-0.05, 0) is 38.5 Å². The number of hydrogen-bond donors (Lipinski definition) is 2. The van der Waals surface area contributed by atoms with Gasteiger partial charge in [-0.2, -0.15) is 0 Å². The van der Waals surface area contributed by atoms with Crippen LogP contribution < -0.4 is 0 Å². The standard InChI is InChI=1S/C20H32O3/c1-2-3-4-5-6-7-8-9-10-13-16-19(21)17-14-11-12-15-18-20(22)23/h6-7,9-11,13-14,16,19,21H,2-5,8,12,15,17-18H2,1H3,(H,22,23)/b7-6-,10-9-,14-11-,16-13+/t19-/m1/s1. The Morgan fingerprint density at radius 1 is 0.957 bits per heavy atom. The van der Waals surface area contributed by atoms with Crippen LogP contribution in [0.1, 0.15) is 64.7 Å². The summed E-state index contributed by atoms with van der Waals surface area (Å²) in [6.07, 6.45) is 23.5. The van der Waals surface area contributed by atoms with Crippen molar-refractivity contribution in [3.8, 4) is 0 Å². The molecule has 23 heavy (non-hydrogen) atoms. The second-order valence-electron chi connectivity index (χ2n) is 5.58. The van der Waals surface area contributed by atoms with Gasteiger partial charge < -0.3 is 10.2 Å². The van der Waals surface area contributed by atoms with Gasteiger partial charge in [0, 0.05) is 6.42 Å². The van der Waals surface area contributed by atoms with Crippen LogP contribution in [0.3, 0.4) is 0 Å². The van der Waals surface area contributed by atoms with Crippen molar-refractivity contribution in [2.24, 2.45) is 0 Å². The van der Waals surface area contributed by atoms with Crippen molar-refractivity contribution < 1.29 is 15.0 Å². The Balaban J connectivity index is 3.63. The number of aliphatic hydroxyl groups excluding tert-OH is 1. The molecule has 0 fully saturated rings. The molecule has 0 aromatic rings. The summed E-state index contributed by atoms with van der Waals surface area (Å²) in [4.78, 5) is 10.3. The molecule has 0 aliphatic heterocycles. The van der Waals surface area contributed by atoms with Crippen molar-refractivity contribution in [2.45, 2.75) is 70.8 Å². The average Bonchev–Trinajstić information content (AvgIpc) is 2.52. The zero-order valence-corrected chi connectivity index (χ0v) is 14.4. The number of carboxylic acids is 1. The number of rotatable bonds is 14. The van der Waals surface area contributed by atoms with Gasteiger partial charge in [0.1, 0.15) is 0 Å². The Hall–Kier alpha value is -1.61. The van der Waals surface area contributed by atoms with Crippen LogP contribution in [-0.4, -0.2) is 22.3 Å². The van der Waals surface area contributed by atoms with E-state index in [1.165, 1.54) is 19.3 Å². The molecule has 0 saturated carbocycles. The number of aliphatic carboxylic acids is 1. The minimum Gasteiger partial charge on any atom is -0.481 e. The predicted molar refractivity (Wildman–Crippen MR) is 97.4 cm³/mol. The van der Waals surface area contributed by atoms with E-state index in [2.05, 4.69) is 25.2 Å². The predicted octanol–water partition coefficient (Wildman–Crippen LogP) is 5.19. The summed E-state index contributed by atoms with van der Waals surface area (Å²) in [5.41, 5.74) is 0. The summed E-state index contributed by atoms with van der Waals surface area (Å²) in [6.45, 7) is 2.21. The lowest BCUT2D eigenvalue weighted by Crippen LogP contribution is -1.98. The summed E-state index contributed by atoms with van der Waals surface area (Å²) in [6, 6.07) is 0. The van der Waals surface area contributed by atoms with Crippen LogP contribution in [0.5, 0.6) is 0 Å². The van der Waals surface area contributed by atoms with Crippen molar-refractivity contribution in [1.29, 1.82) is 0 Å². The molecule has 0 radical (unpaired) electrons. The Morgan fingerprint density at radius 2 is 1.70 bits per heavy atom. The highest BCUT2D eigenvalue weighted by molar-refractivity contribution is 5.66. The molecule has 0 unspecified atom stereocenters. The third-order valence-corrected chi connectivity index (χ3v) is 3.30. The van der Waals surface area contributed by atoms with Crippen LogP contribution in [-0.2, 0) is 4.79 Å². The second-order valence-corrected chi connectivity index (χ2v) is 5.58. The summed E-state index contributed by atoms with van der Waals surface area (Å²) in [5, 5.41) is 18.2. The van der Waals surface area contributed by atoms with Crippen molar-refractivity contribution in [3.63, 3.8) is 0 Å². The molecule has 3 heteroatoms. The fraction of sp³-hybridized carbons (Fsp3) is 0.550. The van der Waals surface area contributed by atoms with Crippen molar-refractivity contribution in [1.82, 2.24) is 0 Å². The first-order valence-electron chi connectivity index (χ1n) is 8.70. The molecule has 0 rings (SSSR count). The lowest BCUT2D eigenvalue weighted by atomic mass is 10.2. The number of allylic oxidation sites excluding steroid dienone is 6. The SMILES string of the molecule is CCCCC/C=C\C/C=C\C=C\[C@@H](O)C/C=C\CCCC(=O)O. The molecule has 0 aromatic heterocycles. The van der Waals surface area contributed by atoms with Crippen molar-refractivity contribution in [3.05, 3.63) is 48.6 Å². The minimum atomic E-state index is -0.760. The molecular weight excluding hydrogens is 288 g/mol. The first kappa shape index (κ1) is 21.4. The Bertz CT molecular complexity index is 392. The molecule has 0 aromatic carbocycles. The summed E-state index contributed by atoms with van der Waals surface area (Å²) >= 11 is 0. The number of hydrogen-bond acceptors (Lipinski definition) is 2. The van der Waals surface area contributed by atoms with E-state index in [9.17, 15) is 9.90 Å². The Morgan fingerprint density at radius 3 is 2.43 bits per heavy atom. The van der Waals surface area contributed by atoms with Crippen LogP contribution in [0.25, 0.3) is 0 Å². The molecule has 0 spiro atoms. The van der Waals surface area contributed by atoms with E-state index >= 15 is 0 Å². The molecule has 0 aliphatic carbocycles. The molecule has 0 heterocycles. The van der Waals surface area contributed by atoms with Gasteiger partial charge in [-0.1, -0.05) is 68.4 Å². The van der Waals surface area contributed by atoms with Gasteiger partial charge in [-0.25, -0.2) is 0 Å². The molecule has 2 N–H and O–H groups in total. The minimum absolute atomic E-state index is 0.199. The lowest BCUT2D eigenvalue weighted by molar-refractivity contribution is -0.137. The highest BCUT2D eigenvalue weighted by atomic mass is 16.4. The quantitative estimate of drug-likeness (QED) is 0.263. The summed E-state index contributed by atoms with van der Waals surface area (Å²) in [5.74, 6) is -0.760. The van der Waals surface area contributed by atoms with Gasteiger partial charge >= 0.3 is 5.97 Å². The normalized spacial score (nSPS) is 13.8. The maximum absolute atomic E-state index is 10.3. The van der Waals surface area contributed by atoms with Gasteiger partial charge in [0.15, 0.2) is 0 Å². The van der Waals surface area contributed by atoms with E-state index in [-0.39, 0.29) is 6.42 Å². The number of carbonyl (C=O) groups is 1. The first-order chi connectivity index (χ1) is 11.2. The third-order valence-electron chi connectivity index (χ3n) is 3.30. The second kappa shape index (κ2) is 16.8. The van der Waals surface area contributed by atoms with E-state index in [1.807, 2.05) is 24.3 Å². The highest BCUT2D eigenvalue weighted by Crippen LogP contribution is 2.02. The van der Waals surface area contributed by atoms with Gasteiger partial charge in [0.25, 0.3) is 0 Å². The number of unbranched alkanes of at least 4 members (excludes halogenated alkanes) is 4. The summed E-state index contributed by atoms with van der Waals surface area (Å²) < 4.78 is 0. The maximum Gasteiger partial charge on any atom is 0.303 e. The lowest BCUT2D eigenvalue weighted by Gasteiger charge is -1.99. The van der Waals surface area contributed by atoms with Gasteiger partial charge in [0.05, 0.1) is 6.10 Å². The highest BCUT2D eigenvalue weighted by Gasteiger charge is 1.95. The monoisotopic (exact) mass is 320 g/mol. The molecule has 3 nitrogen and oxygen atoms in total. The van der Waals surface area contributed by atoms with E-state index in [0.29, 0.717) is 12.8 Å². The Kier molecular flexibility index (Phi) is 15.6. The van der Waals surface area contributed by atoms with Crippen LogP contribution in [0.15, 0.2) is 48.6 Å². The smallest absolute Gasteiger partial charge is 0.303 e. The van der Waals surface area contributed by atoms with Crippen LogP contribution >= 0.6 is 0 Å². The van der Waals surface area contributed by atoms with Gasteiger partial charge in [0.2, 0.25) is 0 Å². The van der Waals surface area contributed by atoms with Crippen molar-refractivity contribution in [2.75, 3.05) is 0 Å². The fourth-order valence-corrected chi connectivity index (χ4v) is 1.96. The van der Waals surface area contributed by atoms with E-state index in [4.69, 9.17) is 5.11 Å². The largest absolute Gasteiger partial charge is 0.481 e. The van der Waals surface area contributed by atoms with Gasteiger partial charge in [-0.3, -0.25) is 4.79 Å². The zero-order chi connectivity index (χ0) is 17.2. The first-order valence-corrected chi connectivity index (χ1v) is 8.70. The third kappa shape index (κ3) is 18.3. The summed E-state index contributed by atoms with van der Waals surface area (Å²) in [7, 11) is 0. The number of aliphatic hydroxyl groups is 1. The van der Waals surface area contributed by atoms with E-state index < -0.39 is 12.1 Å². The molecule has 0 amide bonds. The van der Waals surface area contributed by atoms with Crippen LogP contribution in [0.4, 0.5) is 0 Å². The Labute approximate surface area is 141 Å². The van der Waals surface area contributed by atoms with Crippen LogP contribution in [0.2, 0.25) is 0 Å². The number of carboxylic acid groups (broad SMARTS) is 1. The maximum atomic E-state index is 10.3. The zero-order valence-electron chi connectivity index (χ0n) is 14.4. The molecule has 0 aliphatic rings. The van der Waals surface area contributed by atoms with Gasteiger partial charge in [-0.15, -0.1) is 0 Å². The van der Waals surface area contributed by atoms with E-state index in [0.717, 1.165) is 19.3 Å². The fourth-order valence-electron chi connectivity index (χ4n) is 1.96. The van der Waals surface area contributed by atoms with Crippen LogP contribution in [0, 0.1) is 0 Å². The van der Waals surface area contributed by atoms with E-state index in [1.54, 1.807) is 6.08 Å². The molecule has 130 valence electrons. The molecular formula is C20H32O3. The molecule has 0 saturated heterocycles. The molecule has 1 atom stereocenters. The molecule has 0 bridgehead atoms. The average molecular weight is 320 g/mol. The van der Waals surface area contributed by atoms with Crippen molar-refractivity contribution >= 4 is 5.97 Å². The topological polar surface area (TPSA) is 57.5 Å².